The lowest BCUT2D eigenvalue weighted by Gasteiger charge is -2.43. The van der Waals surface area contributed by atoms with Crippen molar-refractivity contribution in [3.8, 4) is 0 Å². The fraction of sp³-hybridized carbons (Fsp3) is 1.00. The van der Waals surface area contributed by atoms with Gasteiger partial charge in [0.2, 0.25) is 0 Å². The molecule has 0 aromatic heterocycles. The van der Waals surface area contributed by atoms with E-state index in [1.807, 2.05) is 0 Å². The Morgan fingerprint density at radius 1 is 0.846 bits per heavy atom. The maximum Gasteiger partial charge on any atom is 0.192 e. The van der Waals surface area contributed by atoms with Gasteiger partial charge < -0.3 is 18.0 Å². The maximum absolute atomic E-state index is 6.76. The summed E-state index contributed by atoms with van der Waals surface area (Å²) in [4.78, 5) is 0. The van der Waals surface area contributed by atoms with Gasteiger partial charge in [0.05, 0.1) is 12.2 Å². The molecule has 1 aliphatic heterocycles. The lowest BCUT2D eigenvalue weighted by molar-refractivity contribution is 0.0214. The average molecular weight is 419 g/mol. The van der Waals surface area contributed by atoms with E-state index in [9.17, 15) is 0 Å². The van der Waals surface area contributed by atoms with Crippen molar-refractivity contribution in [1.82, 2.24) is 0 Å². The van der Waals surface area contributed by atoms with Crippen LogP contribution in [0.4, 0.5) is 0 Å². The van der Waals surface area contributed by atoms with Crippen LogP contribution in [0.3, 0.4) is 0 Å². The Morgan fingerprint density at radius 2 is 1.42 bits per heavy atom. The van der Waals surface area contributed by atoms with Crippen molar-refractivity contribution in [1.29, 1.82) is 0 Å². The standard InChI is InChI=1S/C19H42O4Si3/c1-19(2,3)26(10,11)22-15-12-14(13-20-24(4,5)6)16(18-17(15)21-18)23-25(7,8)9/h14-18H,12-13H2,1-11H3/t14-,15+,16-,17-,18+/m1/s1. The lowest BCUT2D eigenvalue weighted by atomic mass is 9.85. The van der Waals surface area contributed by atoms with Gasteiger partial charge in [-0.25, -0.2) is 0 Å². The van der Waals surface area contributed by atoms with E-state index >= 15 is 0 Å². The third-order valence-electron chi connectivity index (χ3n) is 5.72. The number of rotatable bonds is 7. The lowest BCUT2D eigenvalue weighted by Crippen LogP contribution is -2.52. The molecule has 2 aliphatic rings. The molecule has 1 aliphatic carbocycles. The molecule has 1 heterocycles. The second kappa shape index (κ2) is 7.39. The summed E-state index contributed by atoms with van der Waals surface area (Å²) in [5, 5.41) is 0.216. The molecule has 0 radical (unpaired) electrons. The minimum Gasteiger partial charge on any atom is -0.417 e. The van der Waals surface area contributed by atoms with Crippen molar-refractivity contribution >= 4 is 25.0 Å². The molecule has 0 amide bonds. The second-order valence-electron chi connectivity index (χ2n) is 11.6. The van der Waals surface area contributed by atoms with Gasteiger partial charge in [0, 0.05) is 12.5 Å². The summed E-state index contributed by atoms with van der Waals surface area (Å²) >= 11 is 0. The Bertz CT molecular complexity index is 490. The first kappa shape index (κ1) is 22.8. The summed E-state index contributed by atoms with van der Waals surface area (Å²) in [6.07, 6.45) is 1.77. The van der Waals surface area contributed by atoms with Gasteiger partial charge >= 0.3 is 0 Å². The van der Waals surface area contributed by atoms with Crippen molar-refractivity contribution in [2.45, 2.75) is 109 Å². The minimum absolute atomic E-state index is 0.169. The summed E-state index contributed by atoms with van der Waals surface area (Å²) in [5.74, 6) is 0.368. The number of fused-ring (bicyclic) bond motifs is 1. The maximum atomic E-state index is 6.76. The fourth-order valence-electron chi connectivity index (χ4n) is 3.30. The molecule has 7 heteroatoms. The Balaban J connectivity index is 2.12. The first-order chi connectivity index (χ1) is 11.5. The molecule has 1 saturated heterocycles. The van der Waals surface area contributed by atoms with E-state index in [0.717, 1.165) is 13.0 Å². The zero-order valence-electron chi connectivity index (χ0n) is 18.9. The Kier molecular flexibility index (Phi) is 6.47. The van der Waals surface area contributed by atoms with Crippen molar-refractivity contribution in [3.05, 3.63) is 0 Å². The van der Waals surface area contributed by atoms with E-state index in [0.29, 0.717) is 5.92 Å². The molecule has 0 spiro atoms. The van der Waals surface area contributed by atoms with Gasteiger partial charge in [0.25, 0.3) is 0 Å². The van der Waals surface area contributed by atoms with E-state index in [-0.39, 0.29) is 29.5 Å². The average Bonchev–Trinajstić information content (AvgIpc) is 3.16. The van der Waals surface area contributed by atoms with Crippen LogP contribution in [0.15, 0.2) is 0 Å². The van der Waals surface area contributed by atoms with Crippen LogP contribution in [0.5, 0.6) is 0 Å². The number of ether oxygens (including phenoxy) is 1. The summed E-state index contributed by atoms with van der Waals surface area (Å²) in [7, 11) is -5.00. The van der Waals surface area contributed by atoms with Crippen molar-refractivity contribution < 1.29 is 18.0 Å². The van der Waals surface area contributed by atoms with Crippen LogP contribution in [0.2, 0.25) is 57.4 Å². The van der Waals surface area contributed by atoms with Crippen molar-refractivity contribution in [2.24, 2.45) is 5.92 Å². The van der Waals surface area contributed by atoms with Gasteiger partial charge in [-0.2, -0.15) is 0 Å². The number of hydrogen-bond acceptors (Lipinski definition) is 4. The van der Waals surface area contributed by atoms with E-state index in [1.54, 1.807) is 0 Å². The minimum atomic E-state index is -1.81. The third kappa shape index (κ3) is 5.99. The fourth-order valence-corrected chi connectivity index (χ4v) is 6.49. The van der Waals surface area contributed by atoms with E-state index in [1.165, 1.54) is 0 Å². The molecule has 0 unspecified atom stereocenters. The highest BCUT2D eigenvalue weighted by Gasteiger charge is 2.59. The van der Waals surface area contributed by atoms with Gasteiger partial charge in [-0.05, 0) is 63.8 Å². The van der Waals surface area contributed by atoms with E-state index in [4.69, 9.17) is 18.0 Å². The van der Waals surface area contributed by atoms with Gasteiger partial charge in [-0.15, -0.1) is 0 Å². The van der Waals surface area contributed by atoms with Crippen LogP contribution in [0, 0.1) is 5.92 Å². The topological polar surface area (TPSA) is 40.2 Å². The molecule has 2 fully saturated rings. The van der Waals surface area contributed by atoms with Crippen molar-refractivity contribution in [3.63, 3.8) is 0 Å². The van der Waals surface area contributed by atoms with Crippen LogP contribution >= 0.6 is 0 Å². The van der Waals surface area contributed by atoms with Crippen LogP contribution < -0.4 is 0 Å². The Hall–Kier alpha value is 0.491. The summed E-state index contributed by atoms with van der Waals surface area (Å²) < 4.78 is 25.7. The summed E-state index contributed by atoms with van der Waals surface area (Å²) in [6.45, 7) is 25.9. The second-order valence-corrected chi connectivity index (χ2v) is 25.3. The zero-order valence-corrected chi connectivity index (χ0v) is 21.9. The molecule has 0 aromatic rings. The molecule has 154 valence electrons. The van der Waals surface area contributed by atoms with Gasteiger partial charge in [0.15, 0.2) is 25.0 Å². The van der Waals surface area contributed by atoms with Gasteiger partial charge in [-0.1, -0.05) is 20.8 Å². The van der Waals surface area contributed by atoms with Gasteiger partial charge in [-0.3, -0.25) is 0 Å². The quantitative estimate of drug-likeness (QED) is 0.419. The molecule has 26 heavy (non-hydrogen) atoms. The molecule has 0 aromatic carbocycles. The molecular formula is C19H42O4Si3. The number of epoxide rings is 1. The molecule has 4 nitrogen and oxygen atoms in total. The SMILES string of the molecule is CC(C)(C)[Si](C)(C)O[C@H]1C[C@H](CO[Si](C)(C)C)[C@@H](O[Si](C)(C)C)[C@@H]2O[C@@H]21. The molecule has 5 atom stereocenters. The third-order valence-corrected chi connectivity index (χ3v) is 12.2. The molecule has 0 N–H and O–H groups in total. The predicted octanol–water partition coefficient (Wildman–Crippen LogP) is 5.24. The molecule has 2 rings (SSSR count). The first-order valence-corrected chi connectivity index (χ1v) is 19.9. The molecule has 0 bridgehead atoms. The molecule has 1 saturated carbocycles. The Labute approximate surface area is 164 Å². The van der Waals surface area contributed by atoms with Crippen LogP contribution in [0.1, 0.15) is 27.2 Å². The first-order valence-electron chi connectivity index (χ1n) is 10.2. The van der Waals surface area contributed by atoms with Crippen molar-refractivity contribution in [2.75, 3.05) is 6.61 Å². The van der Waals surface area contributed by atoms with E-state index < -0.39 is 25.0 Å². The highest BCUT2D eigenvalue weighted by Crippen LogP contribution is 2.47. The van der Waals surface area contributed by atoms with Crippen LogP contribution in [0.25, 0.3) is 0 Å². The molecular weight excluding hydrogens is 376 g/mol. The Morgan fingerprint density at radius 3 is 1.88 bits per heavy atom. The largest absolute Gasteiger partial charge is 0.417 e. The highest BCUT2D eigenvalue weighted by atomic mass is 28.4. The van der Waals surface area contributed by atoms with Gasteiger partial charge in [0.1, 0.15) is 12.2 Å². The normalized spacial score (nSPS) is 33.1. The predicted molar refractivity (Wildman–Crippen MR) is 116 cm³/mol. The summed E-state index contributed by atoms with van der Waals surface area (Å²) in [5.41, 5.74) is 0. The zero-order chi connectivity index (χ0) is 20.1. The van der Waals surface area contributed by atoms with Crippen LogP contribution in [-0.4, -0.2) is 56.0 Å². The summed E-state index contributed by atoms with van der Waals surface area (Å²) in [6, 6.07) is 0. The number of hydrogen-bond donors (Lipinski definition) is 0. The smallest absolute Gasteiger partial charge is 0.192 e. The highest BCUT2D eigenvalue weighted by molar-refractivity contribution is 6.74. The van der Waals surface area contributed by atoms with Crippen LogP contribution in [-0.2, 0) is 18.0 Å². The monoisotopic (exact) mass is 418 g/mol. The van der Waals surface area contributed by atoms with E-state index in [2.05, 4.69) is 73.1 Å².